The van der Waals surface area contributed by atoms with Crippen molar-refractivity contribution in [3.8, 4) is 10.6 Å². The van der Waals surface area contributed by atoms with E-state index < -0.39 is 16.1 Å². The van der Waals surface area contributed by atoms with Crippen LogP contribution < -0.4 is 4.72 Å². The van der Waals surface area contributed by atoms with Gasteiger partial charge in [-0.2, -0.15) is 5.10 Å². The summed E-state index contributed by atoms with van der Waals surface area (Å²) in [5, 5.41) is 7.08. The van der Waals surface area contributed by atoms with Crippen LogP contribution in [0, 0.1) is 20.8 Å². The minimum atomic E-state index is -3.66. The molecular weight excluding hydrogens is 358 g/mol. The number of aromatic amines is 2. The molecular formula is C16H21N5O2S2. The van der Waals surface area contributed by atoms with E-state index in [-0.39, 0.29) is 4.90 Å². The van der Waals surface area contributed by atoms with Crippen LogP contribution in [0.3, 0.4) is 0 Å². The van der Waals surface area contributed by atoms with E-state index in [0.29, 0.717) is 12.2 Å². The van der Waals surface area contributed by atoms with Crippen molar-refractivity contribution in [3.63, 3.8) is 0 Å². The average Bonchev–Trinajstić information content (AvgIpc) is 3.25. The van der Waals surface area contributed by atoms with Gasteiger partial charge in [0.2, 0.25) is 10.0 Å². The molecule has 25 heavy (non-hydrogen) atoms. The van der Waals surface area contributed by atoms with Crippen molar-refractivity contribution in [2.24, 2.45) is 0 Å². The fourth-order valence-electron chi connectivity index (χ4n) is 2.60. The molecule has 0 aliphatic heterocycles. The SMILES string of the molecule is CCC(NS(=O)(=O)c1cc(-c2cc(C)[nH]n2)sc1C)c1ncc(C)[nH]1. The second kappa shape index (κ2) is 6.74. The van der Waals surface area contributed by atoms with Gasteiger partial charge in [-0.05, 0) is 39.3 Å². The maximum atomic E-state index is 12.9. The second-order valence-electron chi connectivity index (χ2n) is 6.00. The Bertz CT molecular complexity index is 984. The van der Waals surface area contributed by atoms with Crippen LogP contribution in [0.15, 0.2) is 23.2 Å². The Kier molecular flexibility index (Phi) is 4.81. The van der Waals surface area contributed by atoms with Crippen molar-refractivity contribution < 1.29 is 8.42 Å². The highest BCUT2D eigenvalue weighted by molar-refractivity contribution is 7.89. The molecule has 7 nitrogen and oxygen atoms in total. The normalized spacial score (nSPS) is 13.3. The molecule has 0 fully saturated rings. The number of H-pyrrole nitrogens is 2. The Morgan fingerprint density at radius 3 is 2.56 bits per heavy atom. The lowest BCUT2D eigenvalue weighted by Crippen LogP contribution is -2.29. The third-order valence-corrected chi connectivity index (χ3v) is 6.68. The number of nitrogens with zero attached hydrogens (tertiary/aromatic N) is 2. The first-order valence-electron chi connectivity index (χ1n) is 7.96. The third-order valence-electron chi connectivity index (χ3n) is 3.88. The number of imidazole rings is 1. The van der Waals surface area contributed by atoms with Gasteiger partial charge >= 0.3 is 0 Å². The fourth-order valence-corrected chi connectivity index (χ4v) is 5.43. The van der Waals surface area contributed by atoms with Crippen LogP contribution in [-0.4, -0.2) is 28.6 Å². The standard InChI is InChI=1S/C16H21N5O2S2/c1-5-12(16-17-8-10(3)18-16)21-25(22,23)15-7-14(24-11(15)4)13-6-9(2)19-20-13/h6-8,12,21H,5H2,1-4H3,(H,17,18)(H,19,20). The van der Waals surface area contributed by atoms with Gasteiger partial charge in [0.25, 0.3) is 0 Å². The first kappa shape index (κ1) is 17.8. The first-order valence-corrected chi connectivity index (χ1v) is 10.3. The average molecular weight is 380 g/mol. The van der Waals surface area contributed by atoms with Crippen LogP contribution in [0.4, 0.5) is 0 Å². The van der Waals surface area contributed by atoms with E-state index in [4.69, 9.17) is 0 Å². The molecule has 0 aliphatic rings. The topological polar surface area (TPSA) is 104 Å². The molecule has 3 aromatic rings. The molecule has 0 saturated carbocycles. The number of hydrogen-bond acceptors (Lipinski definition) is 5. The number of sulfonamides is 1. The molecule has 3 N–H and O–H groups in total. The van der Waals surface area contributed by atoms with Crippen LogP contribution in [0.5, 0.6) is 0 Å². The predicted molar refractivity (Wildman–Crippen MR) is 98.1 cm³/mol. The second-order valence-corrected chi connectivity index (χ2v) is 8.94. The lowest BCUT2D eigenvalue weighted by molar-refractivity contribution is 0.539. The van der Waals surface area contributed by atoms with Crippen LogP contribution in [-0.2, 0) is 10.0 Å². The highest BCUT2D eigenvalue weighted by Gasteiger charge is 2.26. The van der Waals surface area contributed by atoms with Gasteiger partial charge in [0.1, 0.15) is 11.5 Å². The molecule has 134 valence electrons. The van der Waals surface area contributed by atoms with Crippen LogP contribution in [0.25, 0.3) is 10.6 Å². The number of aromatic nitrogens is 4. The van der Waals surface area contributed by atoms with Crippen LogP contribution >= 0.6 is 11.3 Å². The zero-order valence-corrected chi connectivity index (χ0v) is 16.2. The Hall–Kier alpha value is -1.97. The van der Waals surface area contributed by atoms with Gasteiger partial charge in [0, 0.05) is 22.5 Å². The molecule has 0 spiro atoms. The van der Waals surface area contributed by atoms with Gasteiger partial charge in [-0.1, -0.05) is 6.92 Å². The van der Waals surface area contributed by atoms with E-state index >= 15 is 0 Å². The molecule has 0 radical (unpaired) electrons. The maximum absolute atomic E-state index is 12.9. The molecule has 1 unspecified atom stereocenters. The molecule has 9 heteroatoms. The largest absolute Gasteiger partial charge is 0.345 e. The number of thiophene rings is 1. The molecule has 1 atom stereocenters. The van der Waals surface area contributed by atoms with E-state index in [1.165, 1.54) is 11.3 Å². The van der Waals surface area contributed by atoms with Gasteiger partial charge < -0.3 is 4.98 Å². The lowest BCUT2D eigenvalue weighted by atomic mass is 10.2. The fraction of sp³-hybridized carbons (Fsp3) is 0.375. The highest BCUT2D eigenvalue weighted by atomic mass is 32.2. The van der Waals surface area contributed by atoms with Crippen molar-refractivity contribution in [2.75, 3.05) is 0 Å². The number of rotatable bonds is 6. The summed E-state index contributed by atoms with van der Waals surface area (Å²) in [6, 6.07) is 3.18. The molecule has 0 bridgehead atoms. The smallest absolute Gasteiger partial charge is 0.242 e. The minimum Gasteiger partial charge on any atom is -0.345 e. The summed E-state index contributed by atoms with van der Waals surface area (Å²) in [5.74, 6) is 0.625. The van der Waals surface area contributed by atoms with E-state index in [0.717, 1.165) is 26.8 Å². The van der Waals surface area contributed by atoms with Gasteiger partial charge in [0.15, 0.2) is 0 Å². The summed E-state index contributed by atoms with van der Waals surface area (Å²) in [5.41, 5.74) is 2.58. The van der Waals surface area contributed by atoms with E-state index in [2.05, 4.69) is 24.9 Å². The molecule has 3 heterocycles. The molecule has 0 aliphatic carbocycles. The van der Waals surface area contributed by atoms with E-state index in [1.807, 2.05) is 26.8 Å². The highest BCUT2D eigenvalue weighted by Crippen LogP contribution is 2.33. The van der Waals surface area contributed by atoms with Crippen molar-refractivity contribution in [1.82, 2.24) is 24.9 Å². The summed E-state index contributed by atoms with van der Waals surface area (Å²) in [6.45, 7) is 7.52. The maximum Gasteiger partial charge on any atom is 0.242 e. The van der Waals surface area contributed by atoms with Crippen LogP contribution in [0.1, 0.15) is 41.5 Å². The van der Waals surface area contributed by atoms with Crippen LogP contribution in [0.2, 0.25) is 0 Å². The van der Waals surface area contributed by atoms with Crippen molar-refractivity contribution in [3.05, 3.63) is 40.4 Å². The number of aryl methyl sites for hydroxylation is 3. The van der Waals surface area contributed by atoms with Crippen molar-refractivity contribution in [1.29, 1.82) is 0 Å². The molecule has 3 rings (SSSR count). The van der Waals surface area contributed by atoms with Gasteiger partial charge in [0.05, 0.1) is 15.8 Å². The monoisotopic (exact) mass is 379 g/mol. The quantitative estimate of drug-likeness (QED) is 0.612. The number of nitrogens with one attached hydrogen (secondary N) is 3. The Morgan fingerprint density at radius 2 is 2.00 bits per heavy atom. The summed E-state index contributed by atoms with van der Waals surface area (Å²) in [6.07, 6.45) is 2.29. The summed E-state index contributed by atoms with van der Waals surface area (Å²) >= 11 is 1.42. The van der Waals surface area contributed by atoms with E-state index in [1.54, 1.807) is 19.2 Å². The Labute approximate surface area is 151 Å². The van der Waals surface area contributed by atoms with Gasteiger partial charge in [-0.3, -0.25) is 5.10 Å². The van der Waals surface area contributed by atoms with Gasteiger partial charge in [-0.25, -0.2) is 18.1 Å². The minimum absolute atomic E-state index is 0.287. The summed E-state index contributed by atoms with van der Waals surface area (Å²) < 4.78 is 28.5. The third kappa shape index (κ3) is 3.68. The van der Waals surface area contributed by atoms with Crippen molar-refractivity contribution >= 4 is 21.4 Å². The molecule has 0 aromatic carbocycles. The van der Waals surface area contributed by atoms with E-state index in [9.17, 15) is 8.42 Å². The summed E-state index contributed by atoms with van der Waals surface area (Å²) in [4.78, 5) is 9.19. The molecule has 0 amide bonds. The lowest BCUT2D eigenvalue weighted by Gasteiger charge is -2.14. The van der Waals surface area contributed by atoms with Crippen molar-refractivity contribution in [2.45, 2.75) is 45.1 Å². The van der Waals surface area contributed by atoms with Gasteiger partial charge in [-0.15, -0.1) is 11.3 Å². The first-order chi connectivity index (χ1) is 11.8. The Morgan fingerprint density at radius 1 is 1.24 bits per heavy atom. The molecule has 0 saturated heterocycles. The Balaban J connectivity index is 1.90. The summed E-state index contributed by atoms with van der Waals surface area (Å²) in [7, 11) is -3.66. The predicted octanol–water partition coefficient (Wildman–Crippen LogP) is 3.22. The zero-order valence-electron chi connectivity index (χ0n) is 14.5. The molecule has 3 aromatic heterocycles. The number of hydrogen-bond donors (Lipinski definition) is 3. The zero-order chi connectivity index (χ0) is 18.2.